The van der Waals surface area contributed by atoms with E-state index in [4.69, 9.17) is 4.74 Å². The van der Waals surface area contributed by atoms with Crippen LogP contribution in [-0.4, -0.2) is 28.1 Å². The van der Waals surface area contributed by atoms with E-state index in [9.17, 15) is 5.11 Å². The third kappa shape index (κ3) is 2.98. The van der Waals surface area contributed by atoms with Crippen molar-refractivity contribution in [2.45, 2.75) is 46.3 Å². The third-order valence-corrected chi connectivity index (χ3v) is 2.88. The standard InChI is InChI=1S/C12H22N2O2/c1-5-14-10(12(16-4)8-13-14)6-7-11(15)9(2)3/h8-9,11,15H,5-7H2,1-4H3. The molecule has 1 atom stereocenters. The number of aliphatic hydroxyl groups is 1. The highest BCUT2D eigenvalue weighted by Gasteiger charge is 2.14. The predicted octanol–water partition coefficient (Wildman–Crippen LogP) is 1.86. The zero-order chi connectivity index (χ0) is 12.1. The van der Waals surface area contributed by atoms with Crippen molar-refractivity contribution in [3.8, 4) is 5.75 Å². The third-order valence-electron chi connectivity index (χ3n) is 2.88. The molecular formula is C12H22N2O2. The number of aromatic nitrogens is 2. The van der Waals surface area contributed by atoms with Crippen molar-refractivity contribution in [3.05, 3.63) is 11.9 Å². The Hall–Kier alpha value is -1.03. The molecule has 0 spiro atoms. The molecular weight excluding hydrogens is 204 g/mol. The predicted molar refractivity (Wildman–Crippen MR) is 63.6 cm³/mol. The monoisotopic (exact) mass is 226 g/mol. The summed E-state index contributed by atoms with van der Waals surface area (Å²) in [5.41, 5.74) is 1.07. The molecule has 1 N–H and O–H groups in total. The zero-order valence-electron chi connectivity index (χ0n) is 10.6. The molecule has 16 heavy (non-hydrogen) atoms. The molecule has 0 bridgehead atoms. The van der Waals surface area contributed by atoms with Gasteiger partial charge in [-0.3, -0.25) is 4.68 Å². The fourth-order valence-electron chi connectivity index (χ4n) is 1.71. The first kappa shape index (κ1) is 13.0. The topological polar surface area (TPSA) is 47.3 Å². The minimum Gasteiger partial charge on any atom is -0.493 e. The first-order valence-corrected chi connectivity index (χ1v) is 5.86. The van der Waals surface area contributed by atoms with Crippen LogP contribution < -0.4 is 4.74 Å². The summed E-state index contributed by atoms with van der Waals surface area (Å²) in [6.07, 6.45) is 3.03. The Labute approximate surface area is 97.2 Å². The van der Waals surface area contributed by atoms with Gasteiger partial charge in [-0.05, 0) is 25.7 Å². The van der Waals surface area contributed by atoms with Crippen LogP contribution >= 0.6 is 0 Å². The molecule has 0 aromatic carbocycles. The van der Waals surface area contributed by atoms with E-state index < -0.39 is 0 Å². The van der Waals surface area contributed by atoms with Gasteiger partial charge in [-0.2, -0.15) is 5.10 Å². The van der Waals surface area contributed by atoms with E-state index in [2.05, 4.69) is 12.0 Å². The second kappa shape index (κ2) is 5.89. The Bertz CT molecular complexity index is 299. The van der Waals surface area contributed by atoms with Gasteiger partial charge in [-0.25, -0.2) is 0 Å². The molecule has 1 aromatic rings. The van der Waals surface area contributed by atoms with Crippen LogP contribution in [0.15, 0.2) is 6.20 Å². The smallest absolute Gasteiger partial charge is 0.159 e. The van der Waals surface area contributed by atoms with Crippen LogP contribution in [0.5, 0.6) is 5.75 Å². The number of hydrogen-bond acceptors (Lipinski definition) is 3. The summed E-state index contributed by atoms with van der Waals surface area (Å²) in [7, 11) is 1.65. The molecule has 4 heteroatoms. The molecule has 0 aliphatic carbocycles. The lowest BCUT2D eigenvalue weighted by Gasteiger charge is -2.15. The van der Waals surface area contributed by atoms with Gasteiger partial charge < -0.3 is 9.84 Å². The minimum absolute atomic E-state index is 0.259. The largest absolute Gasteiger partial charge is 0.493 e. The molecule has 0 fully saturated rings. The summed E-state index contributed by atoms with van der Waals surface area (Å²) in [6, 6.07) is 0. The van der Waals surface area contributed by atoms with E-state index in [1.165, 1.54) is 0 Å². The number of aliphatic hydroxyl groups excluding tert-OH is 1. The highest BCUT2D eigenvalue weighted by atomic mass is 16.5. The van der Waals surface area contributed by atoms with Crippen molar-refractivity contribution >= 4 is 0 Å². The van der Waals surface area contributed by atoms with E-state index in [1.807, 2.05) is 18.5 Å². The SMILES string of the molecule is CCn1ncc(OC)c1CCC(O)C(C)C. The molecule has 1 aromatic heterocycles. The van der Waals surface area contributed by atoms with Crippen LogP contribution in [0.25, 0.3) is 0 Å². The Morgan fingerprint density at radius 3 is 2.69 bits per heavy atom. The van der Waals surface area contributed by atoms with Gasteiger partial charge in [0.15, 0.2) is 5.75 Å². The van der Waals surface area contributed by atoms with Crippen LogP contribution in [0.2, 0.25) is 0 Å². The van der Waals surface area contributed by atoms with Gasteiger partial charge in [0, 0.05) is 6.54 Å². The van der Waals surface area contributed by atoms with Crippen LogP contribution in [0.4, 0.5) is 0 Å². The quantitative estimate of drug-likeness (QED) is 0.805. The molecule has 0 aliphatic heterocycles. The minimum atomic E-state index is -0.259. The summed E-state index contributed by atoms with van der Waals surface area (Å²) >= 11 is 0. The van der Waals surface area contributed by atoms with Crippen molar-refractivity contribution in [2.75, 3.05) is 7.11 Å². The molecule has 1 unspecified atom stereocenters. The molecule has 0 saturated heterocycles. The maximum atomic E-state index is 9.78. The fourth-order valence-corrected chi connectivity index (χ4v) is 1.71. The maximum Gasteiger partial charge on any atom is 0.159 e. The lowest BCUT2D eigenvalue weighted by Crippen LogP contribution is -2.16. The highest BCUT2D eigenvalue weighted by molar-refractivity contribution is 5.25. The summed E-state index contributed by atoms with van der Waals surface area (Å²) < 4.78 is 7.18. The van der Waals surface area contributed by atoms with Crippen molar-refractivity contribution in [2.24, 2.45) is 5.92 Å². The number of methoxy groups -OCH3 is 1. The number of nitrogens with zero attached hydrogens (tertiary/aromatic N) is 2. The van der Waals surface area contributed by atoms with Gasteiger partial charge in [0.2, 0.25) is 0 Å². The van der Waals surface area contributed by atoms with Crippen molar-refractivity contribution in [1.29, 1.82) is 0 Å². The first-order valence-electron chi connectivity index (χ1n) is 5.86. The molecule has 1 rings (SSSR count). The molecule has 0 radical (unpaired) electrons. The van der Waals surface area contributed by atoms with Crippen LogP contribution in [0.1, 0.15) is 32.9 Å². The van der Waals surface area contributed by atoms with Gasteiger partial charge in [-0.1, -0.05) is 13.8 Å². The van der Waals surface area contributed by atoms with Gasteiger partial charge in [0.05, 0.1) is 25.1 Å². The van der Waals surface area contributed by atoms with Crippen LogP contribution in [0, 0.1) is 5.92 Å². The Balaban J connectivity index is 2.67. The number of hydrogen-bond donors (Lipinski definition) is 1. The van der Waals surface area contributed by atoms with Gasteiger partial charge in [0.25, 0.3) is 0 Å². The van der Waals surface area contributed by atoms with Gasteiger partial charge in [0.1, 0.15) is 0 Å². The Morgan fingerprint density at radius 1 is 1.50 bits per heavy atom. The summed E-state index contributed by atoms with van der Waals surface area (Å²) in [5.74, 6) is 1.11. The Kier molecular flexibility index (Phi) is 4.80. The summed E-state index contributed by atoms with van der Waals surface area (Å²) in [4.78, 5) is 0. The zero-order valence-corrected chi connectivity index (χ0v) is 10.6. The molecule has 0 saturated carbocycles. The average molecular weight is 226 g/mol. The van der Waals surface area contributed by atoms with E-state index in [1.54, 1.807) is 13.3 Å². The highest BCUT2D eigenvalue weighted by Crippen LogP contribution is 2.20. The normalized spacial score (nSPS) is 13.1. The van der Waals surface area contributed by atoms with Crippen molar-refractivity contribution < 1.29 is 9.84 Å². The number of rotatable bonds is 6. The fraction of sp³-hybridized carbons (Fsp3) is 0.750. The lowest BCUT2D eigenvalue weighted by atomic mass is 10.0. The van der Waals surface area contributed by atoms with Crippen LogP contribution in [0.3, 0.4) is 0 Å². The molecule has 0 amide bonds. The van der Waals surface area contributed by atoms with E-state index in [-0.39, 0.29) is 6.10 Å². The lowest BCUT2D eigenvalue weighted by molar-refractivity contribution is 0.116. The molecule has 0 aliphatic rings. The number of ether oxygens (including phenoxy) is 1. The second-order valence-electron chi connectivity index (χ2n) is 4.33. The van der Waals surface area contributed by atoms with E-state index in [0.29, 0.717) is 5.92 Å². The second-order valence-corrected chi connectivity index (χ2v) is 4.33. The summed E-state index contributed by atoms with van der Waals surface area (Å²) in [5, 5.41) is 14.0. The number of aryl methyl sites for hydroxylation is 1. The summed E-state index contributed by atoms with van der Waals surface area (Å²) in [6.45, 7) is 6.93. The maximum absolute atomic E-state index is 9.78. The Morgan fingerprint density at radius 2 is 2.19 bits per heavy atom. The van der Waals surface area contributed by atoms with Crippen molar-refractivity contribution in [1.82, 2.24) is 9.78 Å². The van der Waals surface area contributed by atoms with E-state index in [0.717, 1.165) is 30.8 Å². The molecule has 1 heterocycles. The van der Waals surface area contributed by atoms with Gasteiger partial charge >= 0.3 is 0 Å². The molecule has 92 valence electrons. The molecule has 4 nitrogen and oxygen atoms in total. The first-order chi connectivity index (χ1) is 7.60. The van der Waals surface area contributed by atoms with Crippen LogP contribution in [-0.2, 0) is 13.0 Å². The van der Waals surface area contributed by atoms with Crippen molar-refractivity contribution in [3.63, 3.8) is 0 Å². The van der Waals surface area contributed by atoms with E-state index >= 15 is 0 Å². The average Bonchev–Trinajstić information content (AvgIpc) is 2.67. The van der Waals surface area contributed by atoms with Gasteiger partial charge in [-0.15, -0.1) is 0 Å².